The molecule has 9 nitrogen and oxygen atoms in total. The molecule has 0 aliphatic carbocycles. The Bertz CT molecular complexity index is 963. The first-order valence-electron chi connectivity index (χ1n) is 9.15. The predicted molar refractivity (Wildman–Crippen MR) is 104 cm³/mol. The van der Waals surface area contributed by atoms with E-state index >= 15 is 0 Å². The highest BCUT2D eigenvalue weighted by molar-refractivity contribution is 7.58. The van der Waals surface area contributed by atoms with E-state index in [4.69, 9.17) is 4.74 Å². The number of ether oxygens (including phenoxy) is 2. The summed E-state index contributed by atoms with van der Waals surface area (Å²) < 4.78 is 64.3. The van der Waals surface area contributed by atoms with Crippen molar-refractivity contribution in [3.63, 3.8) is 0 Å². The molecule has 1 amide bonds. The number of benzene rings is 1. The summed E-state index contributed by atoms with van der Waals surface area (Å²) in [4.78, 5) is 34.0. The molecule has 13 heteroatoms. The molecule has 176 valence electrons. The zero-order valence-corrected chi connectivity index (χ0v) is 17.6. The number of furan rings is 1. The first-order valence-corrected chi connectivity index (χ1v) is 11.1. The zero-order chi connectivity index (χ0) is 23.9. The maximum Gasteiger partial charge on any atom is 0.449 e. The zero-order valence-electron chi connectivity index (χ0n) is 16.7. The molecule has 1 aromatic carbocycles. The molecule has 0 bridgehead atoms. The van der Waals surface area contributed by atoms with E-state index in [1.54, 1.807) is 30.3 Å². The van der Waals surface area contributed by atoms with Crippen LogP contribution in [-0.4, -0.2) is 41.4 Å². The Morgan fingerprint density at radius 2 is 1.84 bits per heavy atom. The van der Waals surface area contributed by atoms with Crippen LogP contribution in [0.1, 0.15) is 29.3 Å². The van der Waals surface area contributed by atoms with Gasteiger partial charge in [-0.3, -0.25) is 4.57 Å². The van der Waals surface area contributed by atoms with E-state index in [-0.39, 0.29) is 6.61 Å². The molecule has 0 aliphatic rings. The number of hydrogen-bond donors (Lipinski definition) is 3. The van der Waals surface area contributed by atoms with Gasteiger partial charge in [0.15, 0.2) is 5.85 Å². The van der Waals surface area contributed by atoms with Crippen molar-refractivity contribution in [3.05, 3.63) is 59.5 Å². The molecule has 2 unspecified atom stereocenters. The minimum Gasteiger partial charge on any atom is -0.467 e. The fourth-order valence-corrected chi connectivity index (χ4v) is 3.99. The second kappa shape index (κ2) is 10.7. The Morgan fingerprint density at radius 3 is 2.41 bits per heavy atom. The number of aliphatic hydroxyl groups is 1. The second-order valence-corrected chi connectivity index (χ2v) is 9.07. The van der Waals surface area contributed by atoms with Crippen LogP contribution in [0.25, 0.3) is 0 Å². The fraction of sp³-hybridized carbons (Fsp3) is 0.368. The number of aliphatic hydroxyl groups excluding tert-OH is 1. The third-order valence-electron chi connectivity index (χ3n) is 4.27. The maximum atomic E-state index is 12.6. The van der Waals surface area contributed by atoms with Crippen LogP contribution in [0.3, 0.4) is 0 Å². The molecule has 2 aromatic rings. The Hall–Kier alpha value is -2.82. The van der Waals surface area contributed by atoms with Crippen molar-refractivity contribution >= 4 is 19.4 Å². The molecule has 1 heterocycles. The van der Waals surface area contributed by atoms with Gasteiger partial charge >= 0.3 is 18.2 Å². The quantitative estimate of drug-likeness (QED) is 0.368. The van der Waals surface area contributed by atoms with E-state index in [2.05, 4.69) is 14.5 Å². The predicted octanol–water partition coefficient (Wildman–Crippen LogP) is 3.42. The van der Waals surface area contributed by atoms with E-state index in [0.717, 1.165) is 13.2 Å². The number of esters is 1. The molecule has 0 saturated heterocycles. The van der Waals surface area contributed by atoms with E-state index in [1.165, 1.54) is 0 Å². The summed E-state index contributed by atoms with van der Waals surface area (Å²) in [7, 11) is -3.53. The number of alkyl carbamates (subject to hydrolysis) is 1. The van der Waals surface area contributed by atoms with Crippen LogP contribution >= 0.6 is 7.37 Å². The molecule has 1 aromatic heterocycles. The molecule has 2 rings (SSSR count). The minimum atomic E-state index is -4.84. The van der Waals surface area contributed by atoms with Crippen molar-refractivity contribution in [2.24, 2.45) is 0 Å². The molecule has 32 heavy (non-hydrogen) atoms. The third kappa shape index (κ3) is 7.11. The SMILES string of the molecule is COC(=O)[C@H](CCP(=O)(O)C(O)c1ccc(C(F)(F)F)o1)NC(=O)OCc1ccccc1. The summed E-state index contributed by atoms with van der Waals surface area (Å²) in [6, 6.07) is 8.47. The summed E-state index contributed by atoms with van der Waals surface area (Å²) in [5, 5.41) is 12.2. The van der Waals surface area contributed by atoms with Gasteiger partial charge in [0, 0.05) is 6.16 Å². The van der Waals surface area contributed by atoms with E-state index < -0.39 is 61.6 Å². The van der Waals surface area contributed by atoms with Crippen LogP contribution in [0.2, 0.25) is 0 Å². The molecule has 3 N–H and O–H groups in total. The number of hydrogen-bond acceptors (Lipinski definition) is 7. The lowest BCUT2D eigenvalue weighted by molar-refractivity contribution is -0.153. The van der Waals surface area contributed by atoms with Gasteiger partial charge in [-0.05, 0) is 24.1 Å². The first-order chi connectivity index (χ1) is 14.9. The number of carbonyl (C=O) groups excluding carboxylic acids is 2. The topological polar surface area (TPSA) is 135 Å². The highest BCUT2D eigenvalue weighted by Crippen LogP contribution is 2.55. The van der Waals surface area contributed by atoms with Crippen molar-refractivity contribution in [1.82, 2.24) is 5.32 Å². The summed E-state index contributed by atoms with van der Waals surface area (Å²) in [6.45, 7) is -0.0994. The molecule has 0 spiro atoms. The highest BCUT2D eigenvalue weighted by Gasteiger charge is 2.39. The molecule has 0 saturated carbocycles. The van der Waals surface area contributed by atoms with Crippen molar-refractivity contribution < 1.29 is 51.2 Å². The smallest absolute Gasteiger partial charge is 0.449 e. The van der Waals surface area contributed by atoms with E-state index in [9.17, 15) is 37.3 Å². The lowest BCUT2D eigenvalue weighted by Crippen LogP contribution is -2.42. The van der Waals surface area contributed by atoms with Crippen LogP contribution < -0.4 is 5.32 Å². The molecular weight excluding hydrogens is 458 g/mol. The van der Waals surface area contributed by atoms with Gasteiger partial charge in [-0.2, -0.15) is 13.2 Å². The van der Waals surface area contributed by atoms with Crippen LogP contribution in [0.4, 0.5) is 18.0 Å². The summed E-state index contributed by atoms with van der Waals surface area (Å²) >= 11 is 0. The van der Waals surface area contributed by atoms with Gasteiger partial charge < -0.3 is 29.2 Å². The number of alkyl halides is 3. The fourth-order valence-electron chi connectivity index (χ4n) is 2.58. The van der Waals surface area contributed by atoms with E-state index in [0.29, 0.717) is 11.6 Å². The number of amides is 1. The molecule has 3 atom stereocenters. The lowest BCUT2D eigenvalue weighted by atomic mass is 10.2. The van der Waals surface area contributed by atoms with Gasteiger partial charge in [-0.1, -0.05) is 30.3 Å². The van der Waals surface area contributed by atoms with Crippen molar-refractivity contribution in [1.29, 1.82) is 0 Å². The van der Waals surface area contributed by atoms with Gasteiger partial charge in [-0.15, -0.1) is 0 Å². The van der Waals surface area contributed by atoms with Gasteiger partial charge in [0.1, 0.15) is 18.4 Å². The monoisotopic (exact) mass is 479 g/mol. The normalized spacial score (nSPS) is 15.3. The Labute approximate surface area is 180 Å². The largest absolute Gasteiger partial charge is 0.467 e. The number of carbonyl (C=O) groups is 2. The van der Waals surface area contributed by atoms with Crippen LogP contribution in [0.15, 0.2) is 46.9 Å². The minimum absolute atomic E-state index is 0.0994. The molecular formula is C19H21F3NO8P. The Morgan fingerprint density at radius 1 is 1.19 bits per heavy atom. The molecule has 0 fully saturated rings. The van der Waals surface area contributed by atoms with Crippen molar-refractivity contribution in [2.75, 3.05) is 13.3 Å². The summed E-state index contributed by atoms with van der Waals surface area (Å²) in [6.07, 6.45) is -7.05. The van der Waals surface area contributed by atoms with Crippen LogP contribution in [0, 0.1) is 0 Å². The average molecular weight is 479 g/mol. The number of nitrogens with one attached hydrogen (secondary N) is 1. The van der Waals surface area contributed by atoms with Gasteiger partial charge in [0.2, 0.25) is 13.1 Å². The van der Waals surface area contributed by atoms with Crippen LogP contribution in [0.5, 0.6) is 0 Å². The van der Waals surface area contributed by atoms with E-state index in [1.807, 2.05) is 0 Å². The average Bonchev–Trinajstić information content (AvgIpc) is 3.25. The summed E-state index contributed by atoms with van der Waals surface area (Å²) in [5.74, 6) is -5.41. The standard InChI is InChI=1S/C19H21F3NO8P/c1-29-16(24)13(23-18(26)30-11-12-5-3-2-4-6-12)9-10-32(27,28)17(25)14-7-8-15(31-14)19(20,21)22/h2-8,13,17,25H,9-11H2,1H3,(H,23,26)(H,27,28)/t13-,17?/m0/s1. The highest BCUT2D eigenvalue weighted by atomic mass is 31.2. The maximum absolute atomic E-state index is 12.6. The van der Waals surface area contributed by atoms with Crippen molar-refractivity contribution in [2.45, 2.75) is 31.1 Å². The van der Waals surface area contributed by atoms with Crippen LogP contribution in [-0.2, 0) is 31.6 Å². The first kappa shape index (κ1) is 25.4. The number of methoxy groups -OCH3 is 1. The Kier molecular flexibility index (Phi) is 8.48. The van der Waals surface area contributed by atoms with Gasteiger partial charge in [0.25, 0.3) is 0 Å². The Balaban J connectivity index is 1.98. The third-order valence-corrected chi connectivity index (χ3v) is 6.19. The lowest BCUT2D eigenvalue weighted by Gasteiger charge is -2.20. The molecule has 0 radical (unpaired) electrons. The number of halogens is 3. The van der Waals surface area contributed by atoms with Gasteiger partial charge in [-0.25, -0.2) is 9.59 Å². The number of rotatable bonds is 9. The van der Waals surface area contributed by atoms with Crippen molar-refractivity contribution in [3.8, 4) is 0 Å². The second-order valence-electron chi connectivity index (χ2n) is 6.62. The van der Waals surface area contributed by atoms with Gasteiger partial charge in [0.05, 0.1) is 7.11 Å². The molecule has 0 aliphatic heterocycles. The summed E-state index contributed by atoms with van der Waals surface area (Å²) in [5.41, 5.74) is 0.678.